The lowest BCUT2D eigenvalue weighted by Crippen LogP contribution is -1.97. The number of fused-ring (bicyclic) bond motifs is 1. The first-order valence-electron chi connectivity index (χ1n) is 6.04. The summed E-state index contributed by atoms with van der Waals surface area (Å²) in [5.41, 5.74) is 2.11. The number of pyridine rings is 1. The highest BCUT2D eigenvalue weighted by molar-refractivity contribution is 5.94. The summed E-state index contributed by atoms with van der Waals surface area (Å²) in [6.45, 7) is 0. The molecule has 0 saturated carbocycles. The normalized spacial score (nSPS) is 10.7. The number of aromatic carboxylic acids is 1. The third-order valence-corrected chi connectivity index (χ3v) is 3.15. The maximum atomic E-state index is 11.0. The van der Waals surface area contributed by atoms with E-state index in [4.69, 9.17) is 9.84 Å². The van der Waals surface area contributed by atoms with Crippen LogP contribution in [0.4, 0.5) is 0 Å². The average molecular weight is 268 g/mol. The number of carboxylic acid groups (broad SMARTS) is 1. The van der Waals surface area contributed by atoms with Crippen LogP contribution in [-0.2, 0) is 0 Å². The third kappa shape index (κ3) is 1.99. The second kappa shape index (κ2) is 4.70. The first-order valence-corrected chi connectivity index (χ1v) is 6.04. The van der Waals surface area contributed by atoms with Gasteiger partial charge in [-0.15, -0.1) is 0 Å². The molecular weight excluding hydrogens is 256 g/mol. The van der Waals surface area contributed by atoms with Crippen LogP contribution in [0.3, 0.4) is 0 Å². The fraction of sp³-hybridized carbons (Fsp3) is 0.0667. The molecule has 2 aromatic heterocycles. The van der Waals surface area contributed by atoms with Gasteiger partial charge in [0.05, 0.1) is 30.1 Å². The second-order valence-electron chi connectivity index (χ2n) is 4.32. The van der Waals surface area contributed by atoms with Crippen LogP contribution in [0, 0.1) is 0 Å². The van der Waals surface area contributed by atoms with Gasteiger partial charge in [-0.1, -0.05) is 0 Å². The molecule has 5 heteroatoms. The number of benzene rings is 1. The summed E-state index contributed by atoms with van der Waals surface area (Å²) < 4.78 is 6.98. The van der Waals surface area contributed by atoms with Crippen molar-refractivity contribution in [3.05, 3.63) is 54.4 Å². The van der Waals surface area contributed by atoms with E-state index in [2.05, 4.69) is 4.98 Å². The Morgan fingerprint density at radius 3 is 2.75 bits per heavy atom. The first-order chi connectivity index (χ1) is 9.69. The van der Waals surface area contributed by atoms with Crippen LogP contribution in [0.15, 0.2) is 48.8 Å². The average Bonchev–Trinajstić information content (AvgIpc) is 2.90. The molecule has 0 aliphatic carbocycles. The molecule has 100 valence electrons. The van der Waals surface area contributed by atoms with Gasteiger partial charge in [0.1, 0.15) is 0 Å². The Hall–Kier alpha value is -2.82. The predicted octanol–water partition coefficient (Wildman–Crippen LogP) is 2.73. The van der Waals surface area contributed by atoms with Gasteiger partial charge >= 0.3 is 5.97 Å². The molecule has 0 aliphatic rings. The number of nitrogens with zero attached hydrogens (tertiary/aromatic N) is 2. The van der Waals surface area contributed by atoms with Crippen molar-refractivity contribution in [3.63, 3.8) is 0 Å². The van der Waals surface area contributed by atoms with Crippen LogP contribution in [0.5, 0.6) is 5.88 Å². The van der Waals surface area contributed by atoms with Crippen LogP contribution >= 0.6 is 0 Å². The zero-order valence-electron chi connectivity index (χ0n) is 10.8. The van der Waals surface area contributed by atoms with E-state index in [1.807, 2.05) is 22.9 Å². The maximum Gasteiger partial charge on any atom is 0.335 e. The fourth-order valence-electron chi connectivity index (χ4n) is 2.14. The smallest absolute Gasteiger partial charge is 0.335 e. The van der Waals surface area contributed by atoms with Crippen LogP contribution in [0.25, 0.3) is 16.6 Å². The Kier molecular flexibility index (Phi) is 2.87. The number of carbonyl (C=O) groups is 1. The SMILES string of the molecule is COc1ccc(-n2ccc3cc(C(=O)O)ccc32)cn1. The molecule has 0 saturated heterocycles. The molecule has 0 radical (unpaired) electrons. The lowest BCUT2D eigenvalue weighted by molar-refractivity contribution is 0.0697. The highest BCUT2D eigenvalue weighted by Gasteiger charge is 2.08. The molecule has 1 N–H and O–H groups in total. The minimum Gasteiger partial charge on any atom is -0.481 e. The summed E-state index contributed by atoms with van der Waals surface area (Å²) in [4.78, 5) is 15.1. The van der Waals surface area contributed by atoms with Gasteiger partial charge in [-0.2, -0.15) is 0 Å². The number of rotatable bonds is 3. The van der Waals surface area contributed by atoms with Gasteiger partial charge in [0.2, 0.25) is 5.88 Å². The third-order valence-electron chi connectivity index (χ3n) is 3.15. The predicted molar refractivity (Wildman–Crippen MR) is 74.6 cm³/mol. The van der Waals surface area contributed by atoms with E-state index in [9.17, 15) is 4.79 Å². The van der Waals surface area contributed by atoms with Gasteiger partial charge in [-0.25, -0.2) is 9.78 Å². The Labute approximate surface area is 115 Å². The van der Waals surface area contributed by atoms with Crippen LogP contribution < -0.4 is 4.74 Å². The molecule has 0 atom stereocenters. The molecule has 0 aliphatic heterocycles. The van der Waals surface area contributed by atoms with Crippen molar-refractivity contribution in [1.29, 1.82) is 0 Å². The summed E-state index contributed by atoms with van der Waals surface area (Å²) in [5.74, 6) is -0.371. The molecule has 2 heterocycles. The minimum absolute atomic E-state index is 0.281. The van der Waals surface area contributed by atoms with Gasteiger partial charge in [0.25, 0.3) is 0 Å². The van der Waals surface area contributed by atoms with E-state index in [1.165, 1.54) is 0 Å². The van der Waals surface area contributed by atoms with Crippen molar-refractivity contribution in [1.82, 2.24) is 9.55 Å². The Bertz CT molecular complexity index is 775. The highest BCUT2D eigenvalue weighted by atomic mass is 16.5. The highest BCUT2D eigenvalue weighted by Crippen LogP contribution is 2.22. The monoisotopic (exact) mass is 268 g/mol. The van der Waals surface area contributed by atoms with Crippen molar-refractivity contribution in [2.24, 2.45) is 0 Å². The minimum atomic E-state index is -0.925. The Morgan fingerprint density at radius 2 is 2.10 bits per heavy atom. The van der Waals surface area contributed by atoms with Gasteiger partial charge < -0.3 is 14.4 Å². The standard InChI is InChI=1S/C15H12N2O3/c1-20-14-5-3-12(9-16-14)17-7-6-10-8-11(15(18)19)2-4-13(10)17/h2-9H,1H3,(H,18,19). The van der Waals surface area contributed by atoms with E-state index in [0.717, 1.165) is 16.6 Å². The lowest BCUT2D eigenvalue weighted by Gasteiger charge is -2.06. The molecule has 0 fully saturated rings. The molecule has 0 bridgehead atoms. The zero-order valence-corrected chi connectivity index (χ0v) is 10.8. The van der Waals surface area contributed by atoms with E-state index in [-0.39, 0.29) is 5.56 Å². The zero-order chi connectivity index (χ0) is 14.1. The van der Waals surface area contributed by atoms with E-state index >= 15 is 0 Å². The maximum absolute atomic E-state index is 11.0. The summed E-state index contributed by atoms with van der Waals surface area (Å²) >= 11 is 0. The molecule has 0 spiro atoms. The summed E-state index contributed by atoms with van der Waals surface area (Å²) in [6.07, 6.45) is 3.60. The Balaban J connectivity index is 2.09. The molecule has 0 amide bonds. The quantitative estimate of drug-likeness (QED) is 0.793. The topological polar surface area (TPSA) is 64.3 Å². The molecule has 3 rings (SSSR count). The second-order valence-corrected chi connectivity index (χ2v) is 4.32. The molecule has 20 heavy (non-hydrogen) atoms. The largest absolute Gasteiger partial charge is 0.481 e. The lowest BCUT2D eigenvalue weighted by atomic mass is 10.1. The number of ether oxygens (including phenoxy) is 1. The van der Waals surface area contributed by atoms with Crippen molar-refractivity contribution >= 4 is 16.9 Å². The molecule has 5 nitrogen and oxygen atoms in total. The van der Waals surface area contributed by atoms with E-state index in [0.29, 0.717) is 5.88 Å². The number of hydrogen-bond donors (Lipinski definition) is 1. The number of methoxy groups -OCH3 is 1. The van der Waals surface area contributed by atoms with Gasteiger partial charge in [-0.3, -0.25) is 0 Å². The van der Waals surface area contributed by atoms with Crippen LogP contribution in [-0.4, -0.2) is 27.7 Å². The van der Waals surface area contributed by atoms with Crippen molar-refractivity contribution in [2.75, 3.05) is 7.11 Å². The van der Waals surface area contributed by atoms with Gasteiger partial charge in [0.15, 0.2) is 0 Å². The van der Waals surface area contributed by atoms with Crippen molar-refractivity contribution in [2.45, 2.75) is 0 Å². The first kappa shape index (κ1) is 12.2. The van der Waals surface area contributed by atoms with E-state index in [1.54, 1.807) is 37.6 Å². The summed E-state index contributed by atoms with van der Waals surface area (Å²) in [7, 11) is 1.57. The van der Waals surface area contributed by atoms with Crippen LogP contribution in [0.1, 0.15) is 10.4 Å². The number of aromatic nitrogens is 2. The molecule has 1 aromatic carbocycles. The molecule has 0 unspecified atom stereocenters. The van der Waals surface area contributed by atoms with Crippen molar-refractivity contribution < 1.29 is 14.6 Å². The van der Waals surface area contributed by atoms with Gasteiger partial charge in [0, 0.05) is 17.6 Å². The molecular formula is C15H12N2O3. The Morgan fingerprint density at radius 1 is 1.25 bits per heavy atom. The fourth-order valence-corrected chi connectivity index (χ4v) is 2.14. The van der Waals surface area contributed by atoms with Crippen molar-refractivity contribution in [3.8, 4) is 11.6 Å². The van der Waals surface area contributed by atoms with E-state index < -0.39 is 5.97 Å². The summed E-state index contributed by atoms with van der Waals surface area (Å²) in [6, 6.07) is 10.6. The molecule has 3 aromatic rings. The van der Waals surface area contributed by atoms with Gasteiger partial charge in [-0.05, 0) is 30.3 Å². The summed E-state index contributed by atoms with van der Waals surface area (Å²) in [5, 5.41) is 9.87. The van der Waals surface area contributed by atoms with Crippen LogP contribution in [0.2, 0.25) is 0 Å². The number of hydrogen-bond acceptors (Lipinski definition) is 3. The number of carboxylic acids is 1.